The highest BCUT2D eigenvalue weighted by atomic mass is 15.3. The highest BCUT2D eigenvalue weighted by Gasteiger charge is 2.08. The minimum absolute atomic E-state index is 0.900. The van der Waals surface area contributed by atoms with Gasteiger partial charge in [0.05, 0.1) is 5.69 Å². The molecule has 0 aliphatic heterocycles. The van der Waals surface area contributed by atoms with E-state index in [4.69, 9.17) is 0 Å². The molecule has 0 saturated carbocycles. The van der Waals surface area contributed by atoms with Crippen LogP contribution in [0.4, 0.5) is 0 Å². The smallest absolute Gasteiger partial charge is 0.0641 e. The second-order valence-electron chi connectivity index (χ2n) is 5.19. The van der Waals surface area contributed by atoms with E-state index in [1.54, 1.807) is 0 Å². The van der Waals surface area contributed by atoms with Crippen molar-refractivity contribution >= 4 is 0 Å². The van der Waals surface area contributed by atoms with Crippen molar-refractivity contribution in [2.75, 3.05) is 6.54 Å². The van der Waals surface area contributed by atoms with Crippen LogP contribution in [0.1, 0.15) is 28.1 Å². The van der Waals surface area contributed by atoms with Gasteiger partial charge in [0, 0.05) is 24.8 Å². The third kappa shape index (κ3) is 3.44. The minimum atomic E-state index is 0.900. The lowest BCUT2D eigenvalue weighted by Gasteiger charge is -2.06. The van der Waals surface area contributed by atoms with E-state index in [1.165, 1.54) is 22.4 Å². The quantitative estimate of drug-likeness (QED) is 0.835. The maximum atomic E-state index is 4.44. The molecule has 1 N–H and O–H groups in total. The largest absolute Gasteiger partial charge is 0.312 e. The van der Waals surface area contributed by atoms with E-state index in [1.807, 2.05) is 11.7 Å². The Bertz CT molecular complexity index is 555. The van der Waals surface area contributed by atoms with E-state index in [2.05, 4.69) is 55.5 Å². The van der Waals surface area contributed by atoms with Gasteiger partial charge in [0.25, 0.3) is 0 Å². The summed E-state index contributed by atoms with van der Waals surface area (Å²) >= 11 is 0. The van der Waals surface area contributed by atoms with Gasteiger partial charge in [-0.1, -0.05) is 29.8 Å². The third-order valence-corrected chi connectivity index (χ3v) is 3.63. The van der Waals surface area contributed by atoms with Gasteiger partial charge in [-0.05, 0) is 39.3 Å². The number of hydrogen-bond donors (Lipinski definition) is 1. The summed E-state index contributed by atoms with van der Waals surface area (Å²) in [5, 5.41) is 7.95. The van der Waals surface area contributed by atoms with Crippen molar-refractivity contribution < 1.29 is 0 Å². The van der Waals surface area contributed by atoms with Crippen LogP contribution in [0.25, 0.3) is 0 Å². The summed E-state index contributed by atoms with van der Waals surface area (Å²) < 4.78 is 1.95. The van der Waals surface area contributed by atoms with Crippen LogP contribution >= 0.6 is 0 Å². The first kappa shape index (κ1) is 13.8. The molecule has 0 fully saturated rings. The van der Waals surface area contributed by atoms with E-state index >= 15 is 0 Å². The van der Waals surface area contributed by atoms with Gasteiger partial charge in [-0.3, -0.25) is 4.68 Å². The summed E-state index contributed by atoms with van der Waals surface area (Å²) in [6.45, 7) is 8.23. The molecule has 19 heavy (non-hydrogen) atoms. The Morgan fingerprint density at radius 3 is 2.63 bits per heavy atom. The summed E-state index contributed by atoms with van der Waals surface area (Å²) in [5.74, 6) is 0. The molecule has 0 saturated heterocycles. The van der Waals surface area contributed by atoms with Gasteiger partial charge in [0.2, 0.25) is 0 Å². The van der Waals surface area contributed by atoms with Crippen LogP contribution in [0.15, 0.2) is 24.3 Å². The predicted molar refractivity (Wildman–Crippen MR) is 79.3 cm³/mol. The summed E-state index contributed by atoms with van der Waals surface area (Å²) in [6.07, 6.45) is 1.07. The van der Waals surface area contributed by atoms with Crippen LogP contribution in [0.5, 0.6) is 0 Å². The molecule has 0 atom stereocenters. The lowest BCUT2D eigenvalue weighted by molar-refractivity contribution is 0.679. The Morgan fingerprint density at radius 2 is 2.00 bits per heavy atom. The zero-order chi connectivity index (χ0) is 13.8. The normalized spacial score (nSPS) is 10.9. The van der Waals surface area contributed by atoms with Gasteiger partial charge in [0.15, 0.2) is 0 Å². The van der Waals surface area contributed by atoms with Gasteiger partial charge in [-0.25, -0.2) is 0 Å². The SMILES string of the molecule is Cc1cccc(CCNCc2c(C)nn(C)c2C)c1. The van der Waals surface area contributed by atoms with Gasteiger partial charge >= 0.3 is 0 Å². The number of benzene rings is 1. The lowest BCUT2D eigenvalue weighted by atomic mass is 10.1. The first-order chi connectivity index (χ1) is 9.08. The Morgan fingerprint density at radius 1 is 1.21 bits per heavy atom. The van der Waals surface area contributed by atoms with Crippen molar-refractivity contribution in [3.63, 3.8) is 0 Å². The highest BCUT2D eigenvalue weighted by molar-refractivity contribution is 5.24. The third-order valence-electron chi connectivity index (χ3n) is 3.63. The maximum absolute atomic E-state index is 4.44. The summed E-state index contributed by atoms with van der Waals surface area (Å²) in [7, 11) is 2.00. The summed E-state index contributed by atoms with van der Waals surface area (Å²) in [5.41, 5.74) is 6.43. The van der Waals surface area contributed by atoms with Crippen molar-refractivity contribution in [3.05, 3.63) is 52.3 Å². The fraction of sp³-hybridized carbons (Fsp3) is 0.438. The van der Waals surface area contributed by atoms with Crippen LogP contribution in [-0.2, 0) is 20.0 Å². The Hall–Kier alpha value is -1.61. The first-order valence-corrected chi connectivity index (χ1v) is 6.83. The molecule has 1 heterocycles. The number of rotatable bonds is 5. The van der Waals surface area contributed by atoms with E-state index < -0.39 is 0 Å². The first-order valence-electron chi connectivity index (χ1n) is 6.83. The van der Waals surface area contributed by atoms with Crippen LogP contribution in [0.2, 0.25) is 0 Å². The Balaban J connectivity index is 1.84. The molecule has 2 rings (SSSR count). The molecule has 3 nitrogen and oxygen atoms in total. The molecule has 2 aromatic rings. The minimum Gasteiger partial charge on any atom is -0.312 e. The highest BCUT2D eigenvalue weighted by Crippen LogP contribution is 2.11. The number of aromatic nitrogens is 2. The van der Waals surface area contributed by atoms with Crippen molar-refractivity contribution in [2.45, 2.75) is 33.7 Å². The zero-order valence-corrected chi connectivity index (χ0v) is 12.3. The molecule has 0 spiro atoms. The summed E-state index contributed by atoms with van der Waals surface area (Å²) in [6, 6.07) is 8.71. The van der Waals surface area contributed by atoms with Crippen LogP contribution in [-0.4, -0.2) is 16.3 Å². The second kappa shape index (κ2) is 6.02. The van der Waals surface area contributed by atoms with Gasteiger partial charge in [-0.2, -0.15) is 5.10 Å². The maximum Gasteiger partial charge on any atom is 0.0641 e. The van der Waals surface area contributed by atoms with E-state index in [-0.39, 0.29) is 0 Å². The van der Waals surface area contributed by atoms with Gasteiger partial charge in [-0.15, -0.1) is 0 Å². The molecule has 1 aromatic heterocycles. The molecule has 0 aliphatic rings. The fourth-order valence-corrected chi connectivity index (χ4v) is 2.39. The molecule has 3 heteroatoms. The average Bonchev–Trinajstić information content (AvgIpc) is 2.60. The standard InChI is InChI=1S/C16H23N3/c1-12-6-5-7-15(10-12)8-9-17-11-16-13(2)18-19(4)14(16)3/h5-7,10,17H,8-9,11H2,1-4H3. The van der Waals surface area contributed by atoms with Crippen LogP contribution < -0.4 is 5.32 Å². The second-order valence-corrected chi connectivity index (χ2v) is 5.19. The average molecular weight is 257 g/mol. The fourth-order valence-electron chi connectivity index (χ4n) is 2.39. The predicted octanol–water partition coefficient (Wildman–Crippen LogP) is 2.68. The molecule has 102 valence electrons. The van der Waals surface area contributed by atoms with Crippen molar-refractivity contribution in [1.29, 1.82) is 0 Å². The molecule has 0 unspecified atom stereocenters. The van der Waals surface area contributed by atoms with Crippen molar-refractivity contribution in [1.82, 2.24) is 15.1 Å². The monoisotopic (exact) mass is 257 g/mol. The molecule has 0 aliphatic carbocycles. The van der Waals surface area contributed by atoms with Gasteiger partial charge in [0.1, 0.15) is 0 Å². The van der Waals surface area contributed by atoms with Crippen LogP contribution in [0, 0.1) is 20.8 Å². The number of nitrogens with zero attached hydrogens (tertiary/aromatic N) is 2. The summed E-state index contributed by atoms with van der Waals surface area (Å²) in [4.78, 5) is 0. The van der Waals surface area contributed by atoms with Crippen molar-refractivity contribution in [2.24, 2.45) is 7.05 Å². The molecule has 0 amide bonds. The molecular formula is C16H23N3. The van der Waals surface area contributed by atoms with Crippen molar-refractivity contribution in [3.8, 4) is 0 Å². The number of hydrogen-bond acceptors (Lipinski definition) is 2. The Kier molecular flexibility index (Phi) is 4.38. The topological polar surface area (TPSA) is 29.9 Å². The molecule has 0 radical (unpaired) electrons. The van der Waals surface area contributed by atoms with Crippen LogP contribution in [0.3, 0.4) is 0 Å². The number of nitrogens with one attached hydrogen (secondary N) is 1. The molecular weight excluding hydrogens is 234 g/mol. The van der Waals surface area contributed by atoms with E-state index in [0.717, 1.165) is 25.2 Å². The number of aryl methyl sites for hydroxylation is 3. The van der Waals surface area contributed by atoms with E-state index in [9.17, 15) is 0 Å². The molecule has 1 aromatic carbocycles. The zero-order valence-electron chi connectivity index (χ0n) is 12.3. The van der Waals surface area contributed by atoms with E-state index in [0.29, 0.717) is 0 Å². The lowest BCUT2D eigenvalue weighted by Crippen LogP contribution is -2.17. The van der Waals surface area contributed by atoms with Gasteiger partial charge < -0.3 is 5.32 Å². The Labute approximate surface area is 115 Å². The molecule has 0 bridgehead atoms.